The van der Waals surface area contributed by atoms with E-state index in [1.54, 1.807) is 18.3 Å². The number of nitrogens with one attached hydrogen (secondary N) is 1. The molecule has 30 heavy (non-hydrogen) atoms. The number of pyridine rings is 2. The Hall–Kier alpha value is -3.49. The van der Waals surface area contributed by atoms with Gasteiger partial charge in [0.15, 0.2) is 5.65 Å². The molecular weight excluding hydrogens is 383 g/mol. The molecule has 1 fully saturated rings. The molecule has 3 aromatic heterocycles. The topological polar surface area (TPSA) is 98.8 Å². The van der Waals surface area contributed by atoms with Crippen molar-refractivity contribution >= 4 is 16.9 Å². The number of nitrogens with two attached hydrogens (primary N) is 1. The Morgan fingerprint density at radius 2 is 1.93 bits per heavy atom. The first-order valence-corrected chi connectivity index (χ1v) is 9.65. The summed E-state index contributed by atoms with van der Waals surface area (Å²) in [6.45, 7) is 2.12. The van der Waals surface area contributed by atoms with Crippen molar-refractivity contribution in [1.29, 1.82) is 0 Å². The summed E-state index contributed by atoms with van der Waals surface area (Å²) in [6, 6.07) is 12.0. The minimum atomic E-state index is -0.307. The van der Waals surface area contributed by atoms with Gasteiger partial charge in [-0.2, -0.15) is 0 Å². The second kappa shape index (κ2) is 7.74. The van der Waals surface area contributed by atoms with Crippen molar-refractivity contribution in [3.63, 3.8) is 0 Å². The van der Waals surface area contributed by atoms with E-state index in [1.165, 1.54) is 18.5 Å². The number of hydrogen-bond acceptors (Lipinski definition) is 7. The van der Waals surface area contributed by atoms with Crippen LogP contribution in [0.25, 0.3) is 33.4 Å². The lowest BCUT2D eigenvalue weighted by atomic mass is 9.98. The predicted octanol–water partition coefficient (Wildman–Crippen LogP) is 3.14. The van der Waals surface area contributed by atoms with Gasteiger partial charge in [0, 0.05) is 24.8 Å². The molecule has 7 nitrogen and oxygen atoms in total. The fraction of sp³-hybridized carbons (Fsp3) is 0.182. The molecule has 0 spiro atoms. The number of benzene rings is 1. The summed E-state index contributed by atoms with van der Waals surface area (Å²) in [5.41, 5.74) is 10.6. The van der Waals surface area contributed by atoms with Gasteiger partial charge >= 0.3 is 0 Å². The van der Waals surface area contributed by atoms with Gasteiger partial charge in [0.25, 0.3) is 0 Å². The zero-order chi connectivity index (χ0) is 20.5. The molecule has 1 saturated heterocycles. The summed E-state index contributed by atoms with van der Waals surface area (Å²) < 4.78 is 19.4. The van der Waals surface area contributed by atoms with E-state index in [0.29, 0.717) is 35.7 Å². The van der Waals surface area contributed by atoms with Gasteiger partial charge in [0.05, 0.1) is 23.4 Å². The lowest BCUT2D eigenvalue weighted by Crippen LogP contribution is -2.34. The average Bonchev–Trinajstić information content (AvgIpc) is 2.80. The number of hydrogen-bond donors (Lipinski definition) is 2. The maximum atomic E-state index is 13.5. The Labute approximate surface area is 172 Å². The second-order valence-corrected chi connectivity index (χ2v) is 7.02. The normalized spacial score (nSPS) is 16.6. The maximum absolute atomic E-state index is 13.5. The summed E-state index contributed by atoms with van der Waals surface area (Å²) in [5.74, 6) is 0.0163. The quantitative estimate of drug-likeness (QED) is 0.543. The van der Waals surface area contributed by atoms with Crippen LogP contribution in [0.3, 0.4) is 0 Å². The van der Waals surface area contributed by atoms with Crippen LogP contribution in [0.5, 0.6) is 0 Å². The molecule has 1 aromatic carbocycles. The summed E-state index contributed by atoms with van der Waals surface area (Å²) in [5, 5.41) is 3.97. The van der Waals surface area contributed by atoms with Crippen molar-refractivity contribution in [2.24, 2.45) is 0 Å². The summed E-state index contributed by atoms with van der Waals surface area (Å²) in [7, 11) is 0. The SMILES string of the molecule is Nc1ncnc2nc(-c3cccnc3C3CNCCO3)cc(-c3ccc(F)cc3)c12. The van der Waals surface area contributed by atoms with Crippen LogP contribution in [0.15, 0.2) is 55.0 Å². The fourth-order valence-corrected chi connectivity index (χ4v) is 3.71. The molecule has 4 heterocycles. The first kappa shape index (κ1) is 18.5. The van der Waals surface area contributed by atoms with E-state index in [4.69, 9.17) is 15.5 Å². The highest BCUT2D eigenvalue weighted by Gasteiger charge is 2.22. The van der Waals surface area contributed by atoms with Crippen molar-refractivity contribution in [1.82, 2.24) is 25.3 Å². The highest BCUT2D eigenvalue weighted by atomic mass is 19.1. The lowest BCUT2D eigenvalue weighted by molar-refractivity contribution is 0.0254. The minimum Gasteiger partial charge on any atom is -0.383 e. The predicted molar refractivity (Wildman–Crippen MR) is 112 cm³/mol. The molecule has 0 saturated carbocycles. The number of anilines is 1. The summed E-state index contributed by atoms with van der Waals surface area (Å²) in [4.78, 5) is 17.8. The van der Waals surface area contributed by atoms with Crippen LogP contribution in [0.4, 0.5) is 10.2 Å². The first-order chi connectivity index (χ1) is 14.7. The molecule has 0 amide bonds. The van der Waals surface area contributed by atoms with Gasteiger partial charge in [0.1, 0.15) is 24.1 Å². The third-order valence-corrected chi connectivity index (χ3v) is 5.14. The van der Waals surface area contributed by atoms with Gasteiger partial charge < -0.3 is 15.8 Å². The Bertz CT molecular complexity index is 1210. The highest BCUT2D eigenvalue weighted by Crippen LogP contribution is 2.35. The van der Waals surface area contributed by atoms with E-state index in [-0.39, 0.29) is 11.9 Å². The Kier molecular flexibility index (Phi) is 4.78. The van der Waals surface area contributed by atoms with Gasteiger partial charge in [-0.3, -0.25) is 4.98 Å². The molecule has 5 rings (SSSR count). The molecule has 8 heteroatoms. The molecular formula is C22H19FN6O. The van der Waals surface area contributed by atoms with Gasteiger partial charge in [-0.25, -0.2) is 19.3 Å². The summed E-state index contributed by atoms with van der Waals surface area (Å²) in [6.07, 6.45) is 2.97. The molecule has 1 aliphatic rings. The zero-order valence-corrected chi connectivity index (χ0v) is 16.0. The Balaban J connectivity index is 1.73. The number of aromatic nitrogens is 4. The van der Waals surface area contributed by atoms with E-state index >= 15 is 0 Å². The van der Waals surface area contributed by atoms with Crippen LogP contribution in [-0.4, -0.2) is 39.6 Å². The van der Waals surface area contributed by atoms with Crippen molar-refractivity contribution in [2.75, 3.05) is 25.4 Å². The first-order valence-electron chi connectivity index (χ1n) is 9.65. The lowest BCUT2D eigenvalue weighted by Gasteiger charge is -2.24. The van der Waals surface area contributed by atoms with Crippen molar-refractivity contribution in [3.05, 3.63) is 66.5 Å². The van der Waals surface area contributed by atoms with Crippen molar-refractivity contribution in [3.8, 4) is 22.4 Å². The van der Waals surface area contributed by atoms with Crippen LogP contribution in [-0.2, 0) is 4.74 Å². The second-order valence-electron chi connectivity index (χ2n) is 7.02. The molecule has 1 unspecified atom stereocenters. The number of halogens is 1. The molecule has 150 valence electrons. The number of nitrogen functional groups attached to an aromatic ring is 1. The molecule has 0 bridgehead atoms. The van der Waals surface area contributed by atoms with E-state index in [0.717, 1.165) is 28.9 Å². The molecule has 4 aromatic rings. The van der Waals surface area contributed by atoms with Crippen LogP contribution in [0.2, 0.25) is 0 Å². The maximum Gasteiger partial charge on any atom is 0.165 e. The third kappa shape index (κ3) is 3.36. The standard InChI is InChI=1S/C22H19FN6O/c23-14-5-3-13(4-6-14)16-10-17(29-22-19(16)21(24)27-12-28-22)15-2-1-7-26-20(15)18-11-25-8-9-30-18/h1-7,10,12,18,25H,8-9,11H2,(H2,24,27,28,29). The van der Waals surface area contributed by atoms with E-state index in [2.05, 4.69) is 20.3 Å². The highest BCUT2D eigenvalue weighted by molar-refractivity contribution is 6.01. The molecule has 1 aliphatic heterocycles. The Morgan fingerprint density at radius 3 is 2.73 bits per heavy atom. The largest absolute Gasteiger partial charge is 0.383 e. The van der Waals surface area contributed by atoms with Crippen LogP contribution in [0, 0.1) is 5.82 Å². The molecule has 0 aliphatic carbocycles. The third-order valence-electron chi connectivity index (χ3n) is 5.14. The monoisotopic (exact) mass is 402 g/mol. The molecule has 3 N–H and O–H groups in total. The smallest absolute Gasteiger partial charge is 0.165 e. The van der Waals surface area contributed by atoms with Gasteiger partial charge in [-0.1, -0.05) is 12.1 Å². The number of fused-ring (bicyclic) bond motifs is 1. The Morgan fingerprint density at radius 1 is 1.07 bits per heavy atom. The van der Waals surface area contributed by atoms with Crippen LogP contribution in [0.1, 0.15) is 11.8 Å². The number of nitrogens with zero attached hydrogens (tertiary/aromatic N) is 4. The van der Waals surface area contributed by atoms with E-state index in [9.17, 15) is 4.39 Å². The van der Waals surface area contributed by atoms with Gasteiger partial charge in [-0.05, 0) is 41.5 Å². The van der Waals surface area contributed by atoms with Gasteiger partial charge in [-0.15, -0.1) is 0 Å². The number of rotatable bonds is 3. The van der Waals surface area contributed by atoms with Crippen LogP contribution >= 0.6 is 0 Å². The number of morpholine rings is 1. The zero-order valence-electron chi connectivity index (χ0n) is 16.0. The number of ether oxygens (including phenoxy) is 1. The van der Waals surface area contributed by atoms with E-state index in [1.807, 2.05) is 18.2 Å². The molecule has 1 atom stereocenters. The fourth-order valence-electron chi connectivity index (χ4n) is 3.71. The average molecular weight is 402 g/mol. The van der Waals surface area contributed by atoms with Crippen molar-refractivity contribution < 1.29 is 9.13 Å². The summed E-state index contributed by atoms with van der Waals surface area (Å²) >= 11 is 0. The van der Waals surface area contributed by atoms with Crippen molar-refractivity contribution in [2.45, 2.75) is 6.10 Å². The van der Waals surface area contributed by atoms with E-state index < -0.39 is 0 Å². The minimum absolute atomic E-state index is 0.169. The van der Waals surface area contributed by atoms with Gasteiger partial charge in [0.2, 0.25) is 0 Å². The van der Waals surface area contributed by atoms with Crippen LogP contribution < -0.4 is 11.1 Å². The molecule has 0 radical (unpaired) electrons.